The number of H-pyrrole nitrogens is 1. The van der Waals surface area contributed by atoms with Crippen molar-refractivity contribution in [2.24, 2.45) is 0 Å². The molecule has 4 N–H and O–H groups in total. The summed E-state index contributed by atoms with van der Waals surface area (Å²) in [7, 11) is 0. The van der Waals surface area contributed by atoms with Gasteiger partial charge in [0, 0.05) is 11.1 Å². The maximum Gasteiger partial charge on any atom is 0.258 e. The Hall–Kier alpha value is -2.89. The van der Waals surface area contributed by atoms with E-state index in [4.69, 9.17) is 5.73 Å². The Bertz CT molecular complexity index is 841. The molecular formula is C15H13FN4O. The van der Waals surface area contributed by atoms with Crippen LogP contribution in [0, 0.1) is 12.7 Å². The molecule has 106 valence electrons. The maximum absolute atomic E-state index is 14.1. The minimum absolute atomic E-state index is 0.0759. The maximum atomic E-state index is 14.1. The van der Waals surface area contributed by atoms with Crippen molar-refractivity contribution >= 4 is 28.2 Å². The number of amides is 1. The molecule has 2 aromatic carbocycles. The summed E-state index contributed by atoms with van der Waals surface area (Å²) in [4.78, 5) is 12.3. The van der Waals surface area contributed by atoms with Gasteiger partial charge in [-0.2, -0.15) is 5.10 Å². The van der Waals surface area contributed by atoms with Gasteiger partial charge in [-0.15, -0.1) is 0 Å². The number of rotatable bonds is 2. The van der Waals surface area contributed by atoms with Crippen molar-refractivity contribution in [3.05, 3.63) is 53.5 Å². The van der Waals surface area contributed by atoms with Crippen LogP contribution < -0.4 is 11.1 Å². The quantitative estimate of drug-likeness (QED) is 0.633. The van der Waals surface area contributed by atoms with Crippen LogP contribution in [-0.2, 0) is 0 Å². The molecule has 0 fully saturated rings. The lowest BCUT2D eigenvalue weighted by Crippen LogP contribution is -2.15. The molecule has 0 unspecified atom stereocenters. The number of nitrogen functional groups attached to an aromatic ring is 1. The first-order valence-electron chi connectivity index (χ1n) is 6.35. The average Bonchev–Trinajstić information content (AvgIpc) is 2.92. The minimum atomic E-state index is -0.568. The number of hydrogen-bond donors (Lipinski definition) is 3. The number of hydrogen-bond acceptors (Lipinski definition) is 3. The van der Waals surface area contributed by atoms with Crippen LogP contribution >= 0.6 is 0 Å². The van der Waals surface area contributed by atoms with E-state index in [1.807, 2.05) is 6.07 Å². The van der Waals surface area contributed by atoms with E-state index in [-0.39, 0.29) is 5.56 Å². The Morgan fingerprint density at radius 1 is 1.38 bits per heavy atom. The third kappa shape index (κ3) is 2.31. The van der Waals surface area contributed by atoms with Crippen molar-refractivity contribution in [1.29, 1.82) is 0 Å². The number of halogens is 1. The number of nitrogens with two attached hydrogens (primary N) is 1. The Labute approximate surface area is 120 Å². The number of aromatic amines is 1. The predicted molar refractivity (Wildman–Crippen MR) is 79.6 cm³/mol. The molecule has 5 nitrogen and oxygen atoms in total. The van der Waals surface area contributed by atoms with Crippen LogP contribution in [0.3, 0.4) is 0 Å². The molecule has 1 aromatic heterocycles. The molecule has 0 spiro atoms. The van der Waals surface area contributed by atoms with Crippen molar-refractivity contribution in [3.8, 4) is 0 Å². The third-order valence-electron chi connectivity index (χ3n) is 3.25. The van der Waals surface area contributed by atoms with Gasteiger partial charge in [-0.25, -0.2) is 4.39 Å². The number of fused-ring (bicyclic) bond motifs is 1. The number of carbonyl (C=O) groups excluding carboxylic acids is 1. The summed E-state index contributed by atoms with van der Waals surface area (Å²) >= 11 is 0. The van der Waals surface area contributed by atoms with E-state index < -0.39 is 11.7 Å². The second-order valence-corrected chi connectivity index (χ2v) is 4.79. The van der Waals surface area contributed by atoms with Gasteiger partial charge in [0.1, 0.15) is 5.82 Å². The highest BCUT2D eigenvalue weighted by molar-refractivity contribution is 6.09. The molecule has 1 heterocycles. The van der Waals surface area contributed by atoms with E-state index in [0.717, 1.165) is 10.9 Å². The van der Waals surface area contributed by atoms with Gasteiger partial charge in [-0.3, -0.25) is 9.89 Å². The topological polar surface area (TPSA) is 83.8 Å². The van der Waals surface area contributed by atoms with E-state index in [9.17, 15) is 9.18 Å². The molecule has 3 aromatic rings. The largest absolute Gasteiger partial charge is 0.399 e. The Morgan fingerprint density at radius 2 is 2.19 bits per heavy atom. The fraction of sp³-hybridized carbons (Fsp3) is 0.0667. The second kappa shape index (κ2) is 4.90. The van der Waals surface area contributed by atoms with Gasteiger partial charge >= 0.3 is 0 Å². The summed E-state index contributed by atoms with van der Waals surface area (Å²) in [6, 6.07) is 8.16. The Kier molecular flexibility index (Phi) is 3.06. The van der Waals surface area contributed by atoms with E-state index in [0.29, 0.717) is 16.9 Å². The number of nitrogens with zero attached hydrogens (tertiary/aromatic N) is 1. The lowest BCUT2D eigenvalue weighted by Gasteiger charge is -2.09. The first-order valence-corrected chi connectivity index (χ1v) is 6.35. The van der Waals surface area contributed by atoms with Gasteiger partial charge in [-0.1, -0.05) is 6.07 Å². The first-order chi connectivity index (χ1) is 10.1. The smallest absolute Gasteiger partial charge is 0.258 e. The molecule has 0 saturated heterocycles. The van der Waals surface area contributed by atoms with E-state index in [1.54, 1.807) is 25.3 Å². The number of aromatic nitrogens is 2. The number of aryl methyl sites for hydroxylation is 1. The summed E-state index contributed by atoms with van der Waals surface area (Å²) in [5.74, 6) is -1.11. The summed E-state index contributed by atoms with van der Waals surface area (Å²) < 4.78 is 14.1. The summed E-state index contributed by atoms with van der Waals surface area (Å²) in [5, 5.41) is 10.2. The van der Waals surface area contributed by atoms with Crippen LogP contribution in [0.1, 0.15) is 15.9 Å². The highest BCUT2D eigenvalue weighted by Gasteiger charge is 2.16. The summed E-state index contributed by atoms with van der Waals surface area (Å²) in [5.41, 5.74) is 7.63. The lowest BCUT2D eigenvalue weighted by molar-refractivity contribution is 0.102. The Morgan fingerprint density at radius 3 is 3.00 bits per heavy atom. The van der Waals surface area contributed by atoms with Gasteiger partial charge in [0.2, 0.25) is 0 Å². The Balaban J connectivity index is 1.99. The van der Waals surface area contributed by atoms with Gasteiger partial charge in [0.15, 0.2) is 0 Å². The predicted octanol–water partition coefficient (Wildman–Crippen LogP) is 2.84. The minimum Gasteiger partial charge on any atom is -0.399 e. The van der Waals surface area contributed by atoms with Crippen LogP contribution in [-0.4, -0.2) is 16.1 Å². The van der Waals surface area contributed by atoms with Crippen LogP contribution in [0.25, 0.3) is 10.9 Å². The zero-order valence-corrected chi connectivity index (χ0v) is 11.3. The zero-order valence-electron chi connectivity index (χ0n) is 11.3. The molecule has 0 atom stereocenters. The van der Waals surface area contributed by atoms with Gasteiger partial charge in [0.25, 0.3) is 5.91 Å². The molecule has 21 heavy (non-hydrogen) atoms. The zero-order chi connectivity index (χ0) is 15.0. The van der Waals surface area contributed by atoms with Crippen molar-refractivity contribution in [1.82, 2.24) is 10.2 Å². The van der Waals surface area contributed by atoms with Crippen LogP contribution in [0.4, 0.5) is 15.8 Å². The highest BCUT2D eigenvalue weighted by atomic mass is 19.1. The number of anilines is 2. The third-order valence-corrected chi connectivity index (χ3v) is 3.25. The van der Waals surface area contributed by atoms with Crippen LogP contribution in [0.15, 0.2) is 36.5 Å². The summed E-state index contributed by atoms with van der Waals surface area (Å²) in [6.45, 7) is 1.57. The number of carbonyl (C=O) groups is 1. The lowest BCUT2D eigenvalue weighted by atomic mass is 10.1. The van der Waals surface area contributed by atoms with Crippen LogP contribution in [0.2, 0.25) is 0 Å². The van der Waals surface area contributed by atoms with Crippen molar-refractivity contribution < 1.29 is 9.18 Å². The second-order valence-electron chi connectivity index (χ2n) is 4.79. The number of nitrogens with one attached hydrogen (secondary N) is 2. The van der Waals surface area contributed by atoms with E-state index in [2.05, 4.69) is 15.5 Å². The summed E-state index contributed by atoms with van der Waals surface area (Å²) in [6.07, 6.45) is 1.60. The van der Waals surface area contributed by atoms with Gasteiger partial charge in [0.05, 0.1) is 23.0 Å². The molecule has 0 saturated carbocycles. The molecule has 0 aliphatic rings. The number of benzene rings is 2. The fourth-order valence-electron chi connectivity index (χ4n) is 2.23. The molecule has 3 rings (SSSR count). The molecule has 6 heteroatoms. The van der Waals surface area contributed by atoms with Crippen LogP contribution in [0.5, 0.6) is 0 Å². The molecule has 0 radical (unpaired) electrons. The molecule has 0 aliphatic carbocycles. The van der Waals surface area contributed by atoms with Gasteiger partial charge in [-0.05, 0) is 36.8 Å². The standard InChI is InChI=1S/C15H13FN4O/c1-8-5-9(17)6-10(14(8)16)15(21)19-12-3-2-4-13-11(12)7-18-20-13/h2-7H,17H2,1H3,(H,18,20)(H,19,21). The van der Waals surface area contributed by atoms with Crippen molar-refractivity contribution in [2.45, 2.75) is 6.92 Å². The SMILES string of the molecule is Cc1cc(N)cc(C(=O)Nc2cccc3[nH]ncc23)c1F. The molecule has 0 bridgehead atoms. The molecule has 1 amide bonds. The van der Waals surface area contributed by atoms with Crippen molar-refractivity contribution in [3.63, 3.8) is 0 Å². The normalized spacial score (nSPS) is 10.8. The average molecular weight is 284 g/mol. The van der Waals surface area contributed by atoms with Gasteiger partial charge < -0.3 is 11.1 Å². The highest BCUT2D eigenvalue weighted by Crippen LogP contribution is 2.23. The first kappa shape index (κ1) is 13.1. The molecular weight excluding hydrogens is 271 g/mol. The fourth-order valence-corrected chi connectivity index (χ4v) is 2.23. The monoisotopic (exact) mass is 284 g/mol. The van der Waals surface area contributed by atoms with E-state index >= 15 is 0 Å². The van der Waals surface area contributed by atoms with Crippen molar-refractivity contribution in [2.75, 3.05) is 11.1 Å². The van der Waals surface area contributed by atoms with E-state index in [1.165, 1.54) is 12.1 Å². The molecule has 0 aliphatic heterocycles.